The molecule has 1 aromatic rings. The maximum atomic E-state index is 13.1. The first-order chi connectivity index (χ1) is 14.6. The zero-order valence-electron chi connectivity index (χ0n) is 17.9. The van der Waals surface area contributed by atoms with Crippen LogP contribution < -0.4 is 10.1 Å². The summed E-state index contributed by atoms with van der Waals surface area (Å²) >= 11 is 0. The molecule has 4 bridgehead atoms. The van der Waals surface area contributed by atoms with Crippen molar-refractivity contribution >= 4 is 11.8 Å². The molecule has 30 heavy (non-hydrogen) atoms. The van der Waals surface area contributed by atoms with Gasteiger partial charge in [-0.1, -0.05) is 18.2 Å². The highest BCUT2D eigenvalue weighted by Crippen LogP contribution is 2.61. The number of carbonyl (C=O) groups is 2. The Hall–Kier alpha value is -2.04. The average Bonchev–Trinajstić information content (AvgIpc) is 2.72. The molecule has 1 N–H and O–H groups in total. The average molecular weight is 411 g/mol. The Labute approximate surface area is 179 Å². The highest BCUT2D eigenvalue weighted by molar-refractivity contribution is 5.78. The smallest absolute Gasteiger partial charge is 0.258 e. The Morgan fingerprint density at radius 1 is 0.967 bits per heavy atom. The van der Waals surface area contributed by atoms with Gasteiger partial charge in [-0.3, -0.25) is 9.59 Å². The van der Waals surface area contributed by atoms with Crippen LogP contribution in [0, 0.1) is 23.2 Å². The van der Waals surface area contributed by atoms with E-state index in [2.05, 4.69) is 10.2 Å². The van der Waals surface area contributed by atoms with Gasteiger partial charge in [-0.25, -0.2) is 0 Å². The molecular weight excluding hydrogens is 376 g/mol. The lowest BCUT2D eigenvalue weighted by Crippen LogP contribution is -2.51. The molecule has 0 aromatic heterocycles. The van der Waals surface area contributed by atoms with Gasteiger partial charge in [0.25, 0.3) is 5.91 Å². The quantitative estimate of drug-likeness (QED) is 0.776. The summed E-state index contributed by atoms with van der Waals surface area (Å²) in [5.74, 6) is 3.65. The SMILES string of the molecule is O=C(COc1ccccc1)NC1CCN(C(=O)CC23CC4CC(CC(C4)C2)C3)CC1. The van der Waals surface area contributed by atoms with E-state index >= 15 is 0 Å². The van der Waals surface area contributed by atoms with Gasteiger partial charge in [0.2, 0.25) is 5.91 Å². The molecule has 5 heteroatoms. The van der Waals surface area contributed by atoms with Crippen LogP contribution in [-0.4, -0.2) is 42.5 Å². The number of para-hydroxylation sites is 1. The van der Waals surface area contributed by atoms with Gasteiger partial charge in [0.05, 0.1) is 0 Å². The van der Waals surface area contributed by atoms with Crippen molar-refractivity contribution in [3.05, 3.63) is 30.3 Å². The summed E-state index contributed by atoms with van der Waals surface area (Å²) < 4.78 is 5.53. The summed E-state index contributed by atoms with van der Waals surface area (Å²) in [6.07, 6.45) is 10.6. The van der Waals surface area contributed by atoms with Crippen LogP contribution in [0.3, 0.4) is 0 Å². The highest BCUT2D eigenvalue weighted by atomic mass is 16.5. The minimum absolute atomic E-state index is 0.0369. The Morgan fingerprint density at radius 2 is 1.57 bits per heavy atom. The predicted molar refractivity (Wildman–Crippen MR) is 115 cm³/mol. The van der Waals surface area contributed by atoms with Crippen molar-refractivity contribution in [2.24, 2.45) is 23.2 Å². The first kappa shape index (κ1) is 19.9. The van der Waals surface area contributed by atoms with Crippen LogP contribution >= 0.6 is 0 Å². The monoisotopic (exact) mass is 410 g/mol. The number of nitrogens with one attached hydrogen (secondary N) is 1. The van der Waals surface area contributed by atoms with Gasteiger partial charge in [0, 0.05) is 25.6 Å². The second kappa shape index (κ2) is 8.24. The van der Waals surface area contributed by atoms with E-state index in [1.165, 1.54) is 38.5 Å². The van der Waals surface area contributed by atoms with Gasteiger partial charge < -0.3 is 15.0 Å². The number of amides is 2. The first-order valence-corrected chi connectivity index (χ1v) is 11.8. The van der Waals surface area contributed by atoms with E-state index < -0.39 is 0 Å². The topological polar surface area (TPSA) is 58.6 Å². The summed E-state index contributed by atoms with van der Waals surface area (Å²) in [5.41, 5.74) is 0.311. The number of nitrogens with zero attached hydrogens (tertiary/aromatic N) is 1. The molecule has 0 atom stereocenters. The Bertz CT molecular complexity index is 735. The molecule has 1 heterocycles. The zero-order chi connectivity index (χ0) is 20.6. The molecule has 2 amide bonds. The standard InChI is InChI=1S/C25H34N2O3/c28-23(17-30-22-4-2-1-3-5-22)26-21-6-8-27(9-7-21)24(29)16-25-13-18-10-19(14-25)12-20(11-18)15-25/h1-5,18-21H,6-17H2,(H,26,28). The van der Waals surface area contributed by atoms with Crippen molar-refractivity contribution < 1.29 is 14.3 Å². The van der Waals surface area contributed by atoms with Gasteiger partial charge in [-0.2, -0.15) is 0 Å². The Balaban J connectivity index is 1.06. The molecule has 4 aliphatic carbocycles. The highest BCUT2D eigenvalue weighted by Gasteiger charge is 2.51. The molecule has 0 spiro atoms. The van der Waals surface area contributed by atoms with E-state index in [9.17, 15) is 9.59 Å². The van der Waals surface area contributed by atoms with Crippen molar-refractivity contribution in [2.75, 3.05) is 19.7 Å². The largest absolute Gasteiger partial charge is 0.484 e. The predicted octanol–water partition coefficient (Wildman–Crippen LogP) is 3.78. The molecule has 5 nitrogen and oxygen atoms in total. The lowest BCUT2D eigenvalue weighted by Gasteiger charge is -2.57. The normalized spacial score (nSPS) is 32.8. The Kier molecular flexibility index (Phi) is 5.46. The van der Waals surface area contributed by atoms with Gasteiger partial charge in [0.15, 0.2) is 6.61 Å². The van der Waals surface area contributed by atoms with E-state index in [0.29, 0.717) is 17.1 Å². The van der Waals surface area contributed by atoms with Gasteiger partial charge >= 0.3 is 0 Å². The molecule has 162 valence electrons. The molecular formula is C25H34N2O3. The van der Waals surface area contributed by atoms with Crippen molar-refractivity contribution in [1.82, 2.24) is 10.2 Å². The first-order valence-electron chi connectivity index (χ1n) is 11.8. The third kappa shape index (κ3) is 4.35. The number of ether oxygens (including phenoxy) is 1. The Morgan fingerprint density at radius 3 is 2.17 bits per heavy atom. The number of carbonyl (C=O) groups excluding carboxylic acids is 2. The van der Waals surface area contributed by atoms with Crippen molar-refractivity contribution in [1.29, 1.82) is 0 Å². The van der Waals surface area contributed by atoms with Crippen LogP contribution in [-0.2, 0) is 9.59 Å². The summed E-state index contributed by atoms with van der Waals surface area (Å²) in [6, 6.07) is 9.54. The maximum Gasteiger partial charge on any atom is 0.258 e. The fourth-order valence-electron chi connectivity index (χ4n) is 7.15. The molecule has 0 unspecified atom stereocenters. The van der Waals surface area contributed by atoms with Crippen molar-refractivity contribution in [2.45, 2.75) is 63.8 Å². The second-order valence-electron chi connectivity index (χ2n) is 10.4. The molecule has 5 aliphatic rings. The van der Waals surface area contributed by atoms with Gasteiger partial charge in [-0.05, 0) is 86.7 Å². The van der Waals surface area contributed by atoms with Crippen LogP contribution in [0.4, 0.5) is 0 Å². The minimum Gasteiger partial charge on any atom is -0.484 e. The maximum absolute atomic E-state index is 13.1. The zero-order valence-corrected chi connectivity index (χ0v) is 17.9. The van der Waals surface area contributed by atoms with E-state index in [4.69, 9.17) is 4.74 Å². The van der Waals surface area contributed by atoms with E-state index in [1.807, 2.05) is 30.3 Å². The molecule has 1 aromatic carbocycles. The summed E-state index contributed by atoms with van der Waals surface area (Å²) in [6.45, 7) is 1.56. The van der Waals surface area contributed by atoms with Gasteiger partial charge in [0.1, 0.15) is 5.75 Å². The molecule has 6 rings (SSSR count). The van der Waals surface area contributed by atoms with Crippen LogP contribution in [0.1, 0.15) is 57.8 Å². The number of hydrogen-bond acceptors (Lipinski definition) is 3. The summed E-state index contributed by atoms with van der Waals surface area (Å²) in [7, 11) is 0. The number of hydrogen-bond donors (Lipinski definition) is 1. The fraction of sp³-hybridized carbons (Fsp3) is 0.680. The fourth-order valence-corrected chi connectivity index (χ4v) is 7.15. The summed E-state index contributed by atoms with van der Waals surface area (Å²) in [4.78, 5) is 27.3. The number of benzene rings is 1. The number of rotatable bonds is 6. The van der Waals surface area contributed by atoms with Crippen LogP contribution in [0.2, 0.25) is 0 Å². The van der Waals surface area contributed by atoms with Crippen molar-refractivity contribution in [3.8, 4) is 5.75 Å². The lowest BCUT2D eigenvalue weighted by molar-refractivity contribution is -0.140. The van der Waals surface area contributed by atoms with Crippen molar-refractivity contribution in [3.63, 3.8) is 0 Å². The van der Waals surface area contributed by atoms with E-state index in [1.54, 1.807) is 0 Å². The molecule has 4 saturated carbocycles. The van der Waals surface area contributed by atoms with Gasteiger partial charge in [-0.15, -0.1) is 0 Å². The second-order valence-corrected chi connectivity index (χ2v) is 10.4. The van der Waals surface area contributed by atoms with E-state index in [0.717, 1.165) is 50.1 Å². The molecule has 1 aliphatic heterocycles. The minimum atomic E-state index is -0.0859. The number of likely N-dealkylation sites (tertiary alicyclic amines) is 1. The molecule has 1 saturated heterocycles. The van der Waals surface area contributed by atoms with Crippen LogP contribution in [0.25, 0.3) is 0 Å². The third-order valence-corrected chi connectivity index (χ3v) is 8.02. The number of piperidine rings is 1. The van der Waals surface area contributed by atoms with E-state index in [-0.39, 0.29) is 18.6 Å². The lowest BCUT2D eigenvalue weighted by atomic mass is 9.49. The molecule has 0 radical (unpaired) electrons. The summed E-state index contributed by atoms with van der Waals surface area (Å²) in [5, 5.41) is 3.07. The molecule has 5 fully saturated rings. The van der Waals surface area contributed by atoms with Crippen LogP contribution in [0.15, 0.2) is 30.3 Å². The van der Waals surface area contributed by atoms with Crippen LogP contribution in [0.5, 0.6) is 5.75 Å². The third-order valence-electron chi connectivity index (χ3n) is 8.02.